The van der Waals surface area contributed by atoms with Gasteiger partial charge in [0, 0.05) is 32.2 Å². The standard InChI is InChI=1S/C34H58N6O6/c1-23(2)28(39-27(41)17-19-34(6,7)8)30(43)38-26(12-10-20-36-31(35)44)29(42)37-25-15-13-24(14-16-25)22-46-32(45)40(9)21-11-18-33(3,4)5/h13-16,23,26,28H,10-12,17-22H2,1-9H3,(H,37,42)(H,38,43)(H,39,41)(H3,35,36,44)/t26-,28-/m0/s1. The number of carbonyl (C=O) groups excluding carboxylic acids is 5. The average molecular weight is 647 g/mol. The monoisotopic (exact) mass is 646 g/mol. The molecule has 0 radical (unpaired) electrons. The van der Waals surface area contributed by atoms with Gasteiger partial charge in [0.25, 0.3) is 0 Å². The minimum absolute atomic E-state index is 0.0276. The SMILES string of the molecule is CC(C)[C@H](NC(=O)CCC(C)(C)C)C(=O)N[C@@H](CCCNC(N)=O)C(=O)Nc1ccc(COC(=O)N(C)CCCC(C)(C)C)cc1. The number of benzene rings is 1. The lowest BCUT2D eigenvalue weighted by molar-refractivity contribution is -0.132. The Labute approximate surface area is 275 Å². The Hall–Kier alpha value is -3.83. The summed E-state index contributed by atoms with van der Waals surface area (Å²) < 4.78 is 5.43. The molecule has 12 heteroatoms. The van der Waals surface area contributed by atoms with Crippen molar-refractivity contribution in [3.05, 3.63) is 29.8 Å². The van der Waals surface area contributed by atoms with E-state index in [0.29, 0.717) is 25.1 Å². The van der Waals surface area contributed by atoms with Crippen molar-refractivity contribution in [3.8, 4) is 0 Å². The molecule has 0 heterocycles. The third kappa shape index (κ3) is 17.6. The van der Waals surface area contributed by atoms with Gasteiger partial charge in [-0.1, -0.05) is 67.5 Å². The zero-order valence-electron chi connectivity index (χ0n) is 29.4. The van der Waals surface area contributed by atoms with Gasteiger partial charge in [-0.05, 0) is 66.5 Å². The van der Waals surface area contributed by atoms with Crippen molar-refractivity contribution in [1.29, 1.82) is 0 Å². The van der Waals surface area contributed by atoms with Gasteiger partial charge in [-0.15, -0.1) is 0 Å². The maximum Gasteiger partial charge on any atom is 0.409 e. The van der Waals surface area contributed by atoms with Crippen molar-refractivity contribution in [3.63, 3.8) is 0 Å². The third-order valence-corrected chi connectivity index (χ3v) is 7.29. The predicted octanol–water partition coefficient (Wildman–Crippen LogP) is 4.92. The van der Waals surface area contributed by atoms with Crippen molar-refractivity contribution >= 4 is 35.5 Å². The van der Waals surface area contributed by atoms with Crippen LogP contribution in [-0.4, -0.2) is 67.0 Å². The van der Waals surface area contributed by atoms with Crippen LogP contribution in [0, 0.1) is 16.7 Å². The summed E-state index contributed by atoms with van der Waals surface area (Å²) in [5.41, 5.74) is 6.57. The summed E-state index contributed by atoms with van der Waals surface area (Å²) in [5, 5.41) is 10.9. The second-order valence-corrected chi connectivity index (χ2v) is 14.7. The maximum atomic E-state index is 13.3. The van der Waals surface area contributed by atoms with Crippen molar-refractivity contribution in [2.24, 2.45) is 22.5 Å². The quantitative estimate of drug-likeness (QED) is 0.150. The zero-order valence-corrected chi connectivity index (χ0v) is 29.4. The first-order chi connectivity index (χ1) is 21.3. The molecule has 0 aliphatic rings. The maximum absolute atomic E-state index is 13.3. The molecule has 0 spiro atoms. The van der Waals surface area contributed by atoms with Gasteiger partial charge in [0.05, 0.1) is 0 Å². The van der Waals surface area contributed by atoms with Gasteiger partial charge >= 0.3 is 12.1 Å². The largest absolute Gasteiger partial charge is 0.445 e. The summed E-state index contributed by atoms with van der Waals surface area (Å²) in [4.78, 5) is 64.3. The van der Waals surface area contributed by atoms with Crippen LogP contribution in [0.3, 0.4) is 0 Å². The fourth-order valence-electron chi connectivity index (χ4n) is 4.42. The van der Waals surface area contributed by atoms with Crippen molar-refractivity contribution in [1.82, 2.24) is 20.9 Å². The molecule has 1 rings (SSSR count). The first-order valence-corrected chi connectivity index (χ1v) is 16.2. The van der Waals surface area contributed by atoms with Gasteiger partial charge in [-0.25, -0.2) is 9.59 Å². The van der Waals surface area contributed by atoms with Crippen LogP contribution < -0.4 is 27.0 Å². The highest BCUT2D eigenvalue weighted by Gasteiger charge is 2.29. The van der Waals surface area contributed by atoms with Gasteiger partial charge in [0.1, 0.15) is 18.7 Å². The number of ether oxygens (including phenoxy) is 1. The summed E-state index contributed by atoms with van der Waals surface area (Å²) in [6.45, 7) is 17.2. The number of nitrogens with zero attached hydrogens (tertiary/aromatic N) is 1. The summed E-state index contributed by atoms with van der Waals surface area (Å²) in [7, 11) is 1.72. The number of hydrogen-bond acceptors (Lipinski definition) is 6. The molecule has 260 valence electrons. The van der Waals surface area contributed by atoms with Crippen LogP contribution in [0.25, 0.3) is 0 Å². The van der Waals surface area contributed by atoms with Gasteiger partial charge in [-0.2, -0.15) is 0 Å². The molecule has 2 atom stereocenters. The zero-order chi connectivity index (χ0) is 35.1. The molecule has 0 saturated heterocycles. The molecule has 0 aliphatic heterocycles. The van der Waals surface area contributed by atoms with Crippen LogP contribution in [0.5, 0.6) is 0 Å². The van der Waals surface area contributed by atoms with Gasteiger partial charge in [-0.3, -0.25) is 14.4 Å². The molecule has 1 aromatic rings. The number of anilines is 1. The van der Waals surface area contributed by atoms with E-state index in [4.69, 9.17) is 10.5 Å². The number of urea groups is 1. The Bertz CT molecular complexity index is 1140. The normalized spacial score (nSPS) is 12.9. The van der Waals surface area contributed by atoms with E-state index in [1.165, 1.54) is 0 Å². The van der Waals surface area contributed by atoms with Crippen LogP contribution in [0.15, 0.2) is 24.3 Å². The lowest BCUT2D eigenvalue weighted by Gasteiger charge is -2.26. The van der Waals surface area contributed by atoms with Gasteiger partial charge in [0.2, 0.25) is 17.7 Å². The molecule has 6 amide bonds. The first kappa shape index (κ1) is 40.2. The van der Waals surface area contributed by atoms with Crippen LogP contribution in [0.1, 0.15) is 99.5 Å². The van der Waals surface area contributed by atoms with Crippen LogP contribution in [0.2, 0.25) is 0 Å². The summed E-state index contributed by atoms with van der Waals surface area (Å²) in [5.74, 6) is -1.37. The lowest BCUT2D eigenvalue weighted by atomic mass is 9.90. The van der Waals surface area contributed by atoms with Crippen molar-refractivity contribution in [2.75, 3.05) is 25.5 Å². The van der Waals surface area contributed by atoms with E-state index in [0.717, 1.165) is 18.4 Å². The second-order valence-electron chi connectivity index (χ2n) is 14.7. The second kappa shape index (κ2) is 19.0. The highest BCUT2D eigenvalue weighted by atomic mass is 16.6. The van der Waals surface area contributed by atoms with Gasteiger partial charge in [0.15, 0.2) is 0 Å². The number of nitrogens with one attached hydrogen (secondary N) is 4. The van der Waals surface area contributed by atoms with Gasteiger partial charge < -0.3 is 36.6 Å². The summed E-state index contributed by atoms with van der Waals surface area (Å²) >= 11 is 0. The molecule has 1 aromatic carbocycles. The molecule has 46 heavy (non-hydrogen) atoms. The smallest absolute Gasteiger partial charge is 0.409 e. The Morgan fingerprint density at radius 3 is 2.02 bits per heavy atom. The van der Waals surface area contributed by atoms with E-state index in [2.05, 4.69) is 42.0 Å². The number of hydrogen-bond donors (Lipinski definition) is 5. The van der Waals surface area contributed by atoms with E-state index in [1.807, 2.05) is 34.6 Å². The fraction of sp³-hybridized carbons (Fsp3) is 0.676. The molecule has 6 N–H and O–H groups in total. The highest BCUT2D eigenvalue weighted by molar-refractivity contribution is 5.98. The third-order valence-electron chi connectivity index (χ3n) is 7.29. The van der Waals surface area contributed by atoms with Crippen molar-refractivity contribution < 1.29 is 28.7 Å². The number of nitrogens with two attached hydrogens (primary N) is 1. The molecule has 0 aliphatic carbocycles. The average Bonchev–Trinajstić information content (AvgIpc) is 2.94. The highest BCUT2D eigenvalue weighted by Crippen LogP contribution is 2.21. The number of amides is 6. The van der Waals surface area contributed by atoms with E-state index < -0.39 is 36.0 Å². The number of carbonyl (C=O) groups is 5. The van der Waals surface area contributed by atoms with Crippen LogP contribution in [0.4, 0.5) is 15.3 Å². The Morgan fingerprint density at radius 2 is 1.48 bits per heavy atom. The lowest BCUT2D eigenvalue weighted by Crippen LogP contribution is -2.54. The molecular formula is C34H58N6O6. The Kier molecular flexibility index (Phi) is 16.6. The minimum atomic E-state index is -0.940. The van der Waals surface area contributed by atoms with Crippen LogP contribution in [-0.2, 0) is 25.7 Å². The van der Waals surface area contributed by atoms with E-state index in [9.17, 15) is 24.0 Å². The number of primary amides is 1. The first-order valence-electron chi connectivity index (χ1n) is 16.2. The topological polar surface area (TPSA) is 172 Å². The number of rotatable bonds is 17. The molecule has 0 unspecified atom stereocenters. The molecule has 0 fully saturated rings. The predicted molar refractivity (Wildman–Crippen MR) is 181 cm³/mol. The Morgan fingerprint density at radius 1 is 0.870 bits per heavy atom. The van der Waals surface area contributed by atoms with E-state index >= 15 is 0 Å². The Balaban J connectivity index is 2.84. The summed E-state index contributed by atoms with van der Waals surface area (Å²) in [6.07, 6.45) is 3.03. The minimum Gasteiger partial charge on any atom is -0.445 e. The van der Waals surface area contributed by atoms with Crippen molar-refractivity contribution in [2.45, 2.75) is 113 Å². The van der Waals surface area contributed by atoms with E-state index in [1.54, 1.807) is 36.2 Å². The van der Waals surface area contributed by atoms with Crippen LogP contribution >= 0.6 is 0 Å². The van der Waals surface area contributed by atoms with E-state index in [-0.39, 0.29) is 48.6 Å². The fourth-order valence-corrected chi connectivity index (χ4v) is 4.42. The molecule has 0 saturated carbocycles. The molecule has 0 bridgehead atoms. The molecule has 12 nitrogen and oxygen atoms in total. The summed E-state index contributed by atoms with van der Waals surface area (Å²) in [6, 6.07) is 4.42. The molecule has 0 aromatic heterocycles. The molecular weight excluding hydrogens is 588 g/mol.